The van der Waals surface area contributed by atoms with Crippen molar-refractivity contribution >= 4 is 40.3 Å². The van der Waals surface area contributed by atoms with E-state index < -0.39 is 16.4 Å². The molecular weight excluding hydrogens is 262 g/mol. The number of imide groups is 1. The largest absolute Gasteiger partial charge is 0.294 e. The summed E-state index contributed by atoms with van der Waals surface area (Å²) in [5.41, 5.74) is 0.488. The maximum Gasteiger partial charge on any atom is 0.286 e. The quantitative estimate of drug-likeness (QED) is 0.855. The predicted octanol–water partition coefficient (Wildman–Crippen LogP) is 2.26. The molecule has 1 aliphatic heterocycles. The van der Waals surface area contributed by atoms with E-state index in [1.807, 2.05) is 0 Å². The first-order valence-electron chi connectivity index (χ1n) is 4.86. The lowest BCUT2D eigenvalue weighted by Crippen LogP contribution is -2.25. The van der Waals surface area contributed by atoms with Gasteiger partial charge in [-0.25, -0.2) is 0 Å². The highest BCUT2D eigenvalue weighted by Gasteiger charge is 2.33. The molecule has 1 saturated heterocycles. The minimum Gasteiger partial charge on any atom is -0.294 e. The number of nitrogens with one attached hydrogen (secondary N) is 1. The molecule has 1 aromatic rings. The van der Waals surface area contributed by atoms with E-state index >= 15 is 0 Å². The summed E-state index contributed by atoms with van der Waals surface area (Å²) in [5.74, 6) is -0.577. The van der Waals surface area contributed by atoms with Gasteiger partial charge in [-0.1, -0.05) is 23.4 Å². The van der Waals surface area contributed by atoms with E-state index in [1.54, 1.807) is 24.3 Å². The zero-order valence-corrected chi connectivity index (χ0v) is 10.2. The van der Waals surface area contributed by atoms with Gasteiger partial charge >= 0.3 is 0 Å². The first-order valence-corrected chi connectivity index (χ1v) is 6.12. The Hall–Kier alpha value is -1.33. The number of hydrogen-bond acceptors (Lipinski definition) is 4. The number of amides is 2. The van der Waals surface area contributed by atoms with E-state index in [0.29, 0.717) is 10.6 Å². The second-order valence-electron chi connectivity index (χ2n) is 3.52. The highest BCUT2D eigenvalue weighted by molar-refractivity contribution is 8.15. The molecule has 88 valence electrons. The minimum atomic E-state index is -0.620. The summed E-state index contributed by atoms with van der Waals surface area (Å²) in [6, 6.07) is 6.43. The van der Waals surface area contributed by atoms with Crippen LogP contribution in [0.3, 0.4) is 0 Å². The first-order chi connectivity index (χ1) is 8.06. The molecule has 1 atom stereocenters. The Bertz CT molecular complexity index is 486. The third-order valence-corrected chi connectivity index (χ3v) is 3.54. The zero-order valence-electron chi connectivity index (χ0n) is 8.60. The standard InChI is InChI=1S/C11H8ClNO3S/c12-7-3-1-6(2-4-7)8(14)5-9-10(15)13-11(16)17-9/h1-4,9H,5H2,(H,13,15,16)/t9-/m0/s1. The Labute approximate surface area is 107 Å². The van der Waals surface area contributed by atoms with Crippen LogP contribution >= 0.6 is 23.4 Å². The number of hydrogen-bond donors (Lipinski definition) is 1. The molecule has 4 nitrogen and oxygen atoms in total. The van der Waals surface area contributed by atoms with E-state index in [4.69, 9.17) is 11.6 Å². The smallest absolute Gasteiger partial charge is 0.286 e. The molecule has 0 saturated carbocycles. The van der Waals surface area contributed by atoms with Gasteiger partial charge in [0.2, 0.25) is 5.91 Å². The van der Waals surface area contributed by atoms with Crippen LogP contribution in [-0.2, 0) is 4.79 Å². The monoisotopic (exact) mass is 269 g/mol. The van der Waals surface area contributed by atoms with Crippen molar-refractivity contribution in [2.75, 3.05) is 0 Å². The molecule has 17 heavy (non-hydrogen) atoms. The second-order valence-corrected chi connectivity index (χ2v) is 5.13. The van der Waals surface area contributed by atoms with Gasteiger partial charge in [0.15, 0.2) is 5.78 Å². The number of halogens is 1. The van der Waals surface area contributed by atoms with Crippen molar-refractivity contribution in [2.24, 2.45) is 0 Å². The van der Waals surface area contributed by atoms with Gasteiger partial charge in [0.05, 0.1) is 0 Å². The highest BCUT2D eigenvalue weighted by atomic mass is 35.5. The fourth-order valence-corrected chi connectivity index (χ4v) is 2.39. The molecule has 2 amide bonds. The van der Waals surface area contributed by atoms with Crippen LogP contribution in [0.2, 0.25) is 5.02 Å². The number of carbonyl (C=O) groups is 3. The van der Waals surface area contributed by atoms with Crippen LogP contribution in [0.15, 0.2) is 24.3 Å². The number of Topliss-reactive ketones (excluding diaryl/α,β-unsaturated/α-hetero) is 1. The maximum absolute atomic E-state index is 11.8. The van der Waals surface area contributed by atoms with Crippen LogP contribution in [0.1, 0.15) is 16.8 Å². The number of ketones is 1. The van der Waals surface area contributed by atoms with Gasteiger partial charge in [0.25, 0.3) is 5.24 Å². The van der Waals surface area contributed by atoms with Gasteiger partial charge < -0.3 is 0 Å². The Kier molecular flexibility index (Phi) is 3.49. The molecule has 0 unspecified atom stereocenters. The highest BCUT2D eigenvalue weighted by Crippen LogP contribution is 2.23. The Morgan fingerprint density at radius 3 is 2.47 bits per heavy atom. The van der Waals surface area contributed by atoms with Crippen molar-refractivity contribution in [2.45, 2.75) is 11.7 Å². The Morgan fingerprint density at radius 1 is 1.29 bits per heavy atom. The number of carbonyl (C=O) groups excluding carboxylic acids is 3. The fraction of sp³-hybridized carbons (Fsp3) is 0.182. The summed E-state index contributed by atoms with van der Waals surface area (Å²) in [4.78, 5) is 34.0. The fourth-order valence-electron chi connectivity index (χ4n) is 1.45. The number of rotatable bonds is 3. The lowest BCUT2D eigenvalue weighted by Gasteiger charge is -2.04. The van der Waals surface area contributed by atoms with Gasteiger partial charge in [0, 0.05) is 17.0 Å². The van der Waals surface area contributed by atoms with Crippen LogP contribution in [0.4, 0.5) is 4.79 Å². The average Bonchev–Trinajstić information content (AvgIpc) is 2.58. The van der Waals surface area contributed by atoms with E-state index in [2.05, 4.69) is 5.32 Å². The van der Waals surface area contributed by atoms with Crippen LogP contribution in [0.5, 0.6) is 0 Å². The summed E-state index contributed by atoms with van der Waals surface area (Å²) in [6.07, 6.45) is 0.0177. The molecule has 0 bridgehead atoms. The summed E-state index contributed by atoms with van der Waals surface area (Å²) in [7, 11) is 0. The van der Waals surface area contributed by atoms with E-state index in [0.717, 1.165) is 11.8 Å². The molecule has 1 heterocycles. The van der Waals surface area contributed by atoms with Gasteiger partial charge in [-0.05, 0) is 24.3 Å². The van der Waals surface area contributed by atoms with Crippen molar-refractivity contribution in [3.63, 3.8) is 0 Å². The second kappa shape index (κ2) is 4.89. The zero-order chi connectivity index (χ0) is 12.4. The van der Waals surface area contributed by atoms with E-state index in [-0.39, 0.29) is 12.2 Å². The van der Waals surface area contributed by atoms with Crippen molar-refractivity contribution in [3.8, 4) is 0 Å². The summed E-state index contributed by atoms with van der Waals surface area (Å²) >= 11 is 6.56. The maximum atomic E-state index is 11.8. The topological polar surface area (TPSA) is 63.2 Å². The normalized spacial score (nSPS) is 19.2. The molecular formula is C11H8ClNO3S. The van der Waals surface area contributed by atoms with Gasteiger partial charge in [-0.15, -0.1) is 0 Å². The lowest BCUT2D eigenvalue weighted by atomic mass is 10.1. The summed E-state index contributed by atoms with van der Waals surface area (Å²) in [5, 5.41) is 1.67. The first kappa shape index (κ1) is 12.1. The average molecular weight is 270 g/mol. The summed E-state index contributed by atoms with van der Waals surface area (Å²) in [6.45, 7) is 0. The molecule has 0 radical (unpaired) electrons. The van der Waals surface area contributed by atoms with Gasteiger partial charge in [-0.3, -0.25) is 19.7 Å². The third kappa shape index (κ3) is 2.87. The molecule has 0 aromatic heterocycles. The van der Waals surface area contributed by atoms with Crippen molar-refractivity contribution < 1.29 is 14.4 Å². The molecule has 0 aliphatic carbocycles. The number of benzene rings is 1. The van der Waals surface area contributed by atoms with Gasteiger partial charge in [0.1, 0.15) is 5.25 Å². The molecule has 6 heteroatoms. The minimum absolute atomic E-state index is 0.0177. The molecule has 0 spiro atoms. The van der Waals surface area contributed by atoms with Crippen molar-refractivity contribution in [1.82, 2.24) is 5.32 Å². The molecule has 1 fully saturated rings. The SMILES string of the molecule is O=C1NC(=O)[C@H](CC(=O)c2ccc(Cl)cc2)S1. The van der Waals surface area contributed by atoms with E-state index in [1.165, 1.54) is 0 Å². The molecule has 1 aliphatic rings. The van der Waals surface area contributed by atoms with E-state index in [9.17, 15) is 14.4 Å². The molecule has 1 N–H and O–H groups in total. The Morgan fingerprint density at radius 2 is 1.94 bits per heavy atom. The van der Waals surface area contributed by atoms with Crippen molar-refractivity contribution in [1.29, 1.82) is 0 Å². The molecule has 1 aromatic carbocycles. The Balaban J connectivity index is 2.04. The summed E-state index contributed by atoms with van der Waals surface area (Å²) < 4.78 is 0. The number of thioether (sulfide) groups is 1. The van der Waals surface area contributed by atoms with Crippen LogP contribution < -0.4 is 5.32 Å². The van der Waals surface area contributed by atoms with Crippen molar-refractivity contribution in [3.05, 3.63) is 34.9 Å². The van der Waals surface area contributed by atoms with Crippen LogP contribution in [0.25, 0.3) is 0 Å². The lowest BCUT2D eigenvalue weighted by molar-refractivity contribution is -0.118. The van der Waals surface area contributed by atoms with Gasteiger partial charge in [-0.2, -0.15) is 0 Å². The van der Waals surface area contributed by atoms with Crippen LogP contribution in [-0.4, -0.2) is 22.2 Å². The third-order valence-electron chi connectivity index (χ3n) is 2.30. The van der Waals surface area contributed by atoms with Crippen LogP contribution in [0, 0.1) is 0 Å². The molecule has 2 rings (SSSR count). The predicted molar refractivity (Wildman–Crippen MR) is 65.3 cm³/mol.